The summed E-state index contributed by atoms with van der Waals surface area (Å²) in [5, 5.41) is 3.03. The van der Waals surface area contributed by atoms with Crippen LogP contribution < -0.4 is 19.9 Å². The van der Waals surface area contributed by atoms with Crippen molar-refractivity contribution in [1.82, 2.24) is 5.32 Å². The topological polar surface area (TPSA) is 63.1 Å². The molecule has 0 radical (unpaired) electrons. The number of methoxy groups -OCH3 is 1. The molecule has 0 aromatic heterocycles. The average Bonchev–Trinajstić information content (AvgIpc) is 3.14. The third-order valence-electron chi connectivity index (χ3n) is 5.19. The number of nitrogens with zero attached hydrogens (tertiary/aromatic N) is 1. The smallest absolute Gasteiger partial charge is 0.251 e. The first-order valence-corrected chi connectivity index (χ1v) is 9.63. The molecule has 0 spiro atoms. The average molecular weight is 382 g/mol. The van der Waals surface area contributed by atoms with E-state index in [-0.39, 0.29) is 17.9 Å². The summed E-state index contributed by atoms with van der Waals surface area (Å²) in [6, 6.07) is 15.2. The van der Waals surface area contributed by atoms with Crippen LogP contribution in [0.15, 0.2) is 48.5 Å². The van der Waals surface area contributed by atoms with Crippen LogP contribution in [-0.4, -0.2) is 46.1 Å². The van der Waals surface area contributed by atoms with Crippen molar-refractivity contribution in [1.29, 1.82) is 0 Å². The van der Waals surface area contributed by atoms with Crippen molar-refractivity contribution in [3.63, 3.8) is 0 Å². The second-order valence-electron chi connectivity index (χ2n) is 7.28. The van der Waals surface area contributed by atoms with Crippen LogP contribution >= 0.6 is 0 Å². The molecule has 0 aliphatic carbocycles. The minimum absolute atomic E-state index is 0.0709. The van der Waals surface area contributed by atoms with Crippen LogP contribution in [0.4, 0.5) is 5.69 Å². The van der Waals surface area contributed by atoms with Crippen molar-refractivity contribution < 1.29 is 19.2 Å². The highest BCUT2D eigenvalue weighted by Crippen LogP contribution is 2.23. The molecule has 3 rings (SSSR count). The first-order valence-electron chi connectivity index (χ1n) is 9.63. The van der Waals surface area contributed by atoms with Gasteiger partial charge in [-0.05, 0) is 42.8 Å². The van der Waals surface area contributed by atoms with Crippen LogP contribution in [0.5, 0.6) is 5.75 Å². The molecule has 0 unspecified atom stereocenters. The Kier molecular flexibility index (Phi) is 6.31. The number of benzene rings is 2. The number of ether oxygens (including phenoxy) is 1. The quantitative estimate of drug-likeness (QED) is 0.762. The second kappa shape index (κ2) is 8.89. The summed E-state index contributed by atoms with van der Waals surface area (Å²) in [6.07, 6.45) is 1.48. The van der Waals surface area contributed by atoms with E-state index in [1.165, 1.54) is 4.90 Å². The van der Waals surface area contributed by atoms with Gasteiger partial charge in [0.05, 0.1) is 33.3 Å². The Balaban J connectivity index is 1.67. The van der Waals surface area contributed by atoms with Crippen LogP contribution in [0, 0.1) is 0 Å². The predicted octanol–water partition coefficient (Wildman–Crippen LogP) is 1.44. The summed E-state index contributed by atoms with van der Waals surface area (Å²) in [6.45, 7) is 1.24. The highest BCUT2D eigenvalue weighted by molar-refractivity contribution is 5.97. The van der Waals surface area contributed by atoms with E-state index >= 15 is 0 Å². The summed E-state index contributed by atoms with van der Waals surface area (Å²) in [5.41, 5.74) is 2.50. The Bertz CT molecular complexity index is 833. The number of nitrogens with one attached hydrogen (secondary N) is 2. The van der Waals surface area contributed by atoms with Crippen molar-refractivity contribution in [2.24, 2.45) is 0 Å². The van der Waals surface area contributed by atoms with Gasteiger partial charge in [-0.2, -0.15) is 0 Å². The van der Waals surface area contributed by atoms with E-state index in [0.717, 1.165) is 30.0 Å². The molecule has 6 heteroatoms. The molecule has 1 aliphatic rings. The van der Waals surface area contributed by atoms with Crippen LogP contribution in [0.3, 0.4) is 0 Å². The van der Waals surface area contributed by atoms with Crippen LogP contribution in [-0.2, 0) is 4.79 Å². The number of para-hydroxylation sites is 1. The van der Waals surface area contributed by atoms with Crippen molar-refractivity contribution >= 4 is 17.5 Å². The third-order valence-corrected chi connectivity index (χ3v) is 5.19. The molecule has 6 nitrogen and oxygen atoms in total. The van der Waals surface area contributed by atoms with Crippen molar-refractivity contribution in [3.8, 4) is 5.75 Å². The summed E-state index contributed by atoms with van der Waals surface area (Å²) in [7, 11) is 5.78. The Labute approximate surface area is 166 Å². The van der Waals surface area contributed by atoms with E-state index in [1.54, 1.807) is 24.1 Å². The number of carbonyl (C=O) groups excluding carboxylic acids is 2. The molecule has 1 fully saturated rings. The van der Waals surface area contributed by atoms with Gasteiger partial charge in [0.2, 0.25) is 5.91 Å². The number of likely N-dealkylation sites (N-methyl/N-ethyl adjacent to an activating group) is 1. The molecule has 0 saturated carbocycles. The fraction of sp³-hybridized carbons (Fsp3) is 0.364. The monoisotopic (exact) mass is 382 g/mol. The Morgan fingerprint density at radius 3 is 2.50 bits per heavy atom. The lowest BCUT2D eigenvalue weighted by atomic mass is 10.0. The molecule has 1 heterocycles. The fourth-order valence-corrected chi connectivity index (χ4v) is 3.59. The van der Waals surface area contributed by atoms with Gasteiger partial charge in [0, 0.05) is 24.2 Å². The number of rotatable bonds is 7. The predicted molar refractivity (Wildman–Crippen MR) is 109 cm³/mol. The first-order chi connectivity index (χ1) is 13.5. The van der Waals surface area contributed by atoms with Gasteiger partial charge in [-0.25, -0.2) is 0 Å². The molecule has 1 saturated heterocycles. The Morgan fingerprint density at radius 1 is 1.18 bits per heavy atom. The van der Waals surface area contributed by atoms with Gasteiger partial charge in [-0.3, -0.25) is 9.59 Å². The standard InChI is InChI=1S/C22H27N3O3/c1-24(2)19(18-7-4-5-8-20(18)28-3)15-23-22(27)16-10-12-17(13-11-16)25-14-6-9-21(25)26/h4-5,7-8,10-13,19H,6,9,14-15H2,1-3H3,(H,23,27)/p+1/t19-/m0/s1. The lowest BCUT2D eigenvalue weighted by Gasteiger charge is -2.24. The Morgan fingerprint density at radius 2 is 1.89 bits per heavy atom. The number of anilines is 1. The number of carbonyl (C=O) groups is 2. The minimum atomic E-state index is -0.125. The Hall–Kier alpha value is -2.86. The first kappa shape index (κ1) is 19.9. The van der Waals surface area contributed by atoms with E-state index in [9.17, 15) is 9.59 Å². The summed E-state index contributed by atoms with van der Waals surface area (Å²) >= 11 is 0. The van der Waals surface area contributed by atoms with E-state index in [0.29, 0.717) is 18.5 Å². The number of amides is 2. The maximum absolute atomic E-state index is 12.6. The van der Waals surface area contributed by atoms with Crippen molar-refractivity contribution in [3.05, 3.63) is 59.7 Å². The molecular formula is C22H28N3O3+. The van der Waals surface area contributed by atoms with Gasteiger partial charge >= 0.3 is 0 Å². The molecule has 2 N–H and O–H groups in total. The SMILES string of the molecule is COc1ccccc1[C@H](CNC(=O)c1ccc(N2CCCC2=O)cc1)[NH+](C)C. The van der Waals surface area contributed by atoms with Gasteiger partial charge in [-0.15, -0.1) is 0 Å². The summed E-state index contributed by atoms with van der Waals surface area (Å²) in [4.78, 5) is 27.5. The van der Waals surface area contributed by atoms with E-state index in [4.69, 9.17) is 4.74 Å². The summed E-state index contributed by atoms with van der Waals surface area (Å²) in [5.74, 6) is 0.842. The van der Waals surface area contributed by atoms with E-state index in [2.05, 4.69) is 19.4 Å². The lowest BCUT2D eigenvalue weighted by Crippen LogP contribution is -3.07. The maximum Gasteiger partial charge on any atom is 0.251 e. The molecule has 2 aromatic rings. The molecule has 28 heavy (non-hydrogen) atoms. The van der Waals surface area contributed by atoms with E-state index < -0.39 is 0 Å². The van der Waals surface area contributed by atoms with Crippen LogP contribution in [0.25, 0.3) is 0 Å². The highest BCUT2D eigenvalue weighted by Gasteiger charge is 2.24. The number of quaternary nitrogens is 1. The lowest BCUT2D eigenvalue weighted by molar-refractivity contribution is -0.890. The summed E-state index contributed by atoms with van der Waals surface area (Å²) < 4.78 is 5.48. The van der Waals surface area contributed by atoms with Crippen molar-refractivity contribution in [2.45, 2.75) is 18.9 Å². The highest BCUT2D eigenvalue weighted by atomic mass is 16.5. The van der Waals surface area contributed by atoms with Gasteiger partial charge < -0.3 is 19.9 Å². The fourth-order valence-electron chi connectivity index (χ4n) is 3.59. The van der Waals surface area contributed by atoms with Gasteiger partial charge in [0.15, 0.2) is 0 Å². The maximum atomic E-state index is 12.6. The van der Waals surface area contributed by atoms with Gasteiger partial charge in [0.1, 0.15) is 11.8 Å². The molecular weight excluding hydrogens is 354 g/mol. The zero-order valence-electron chi connectivity index (χ0n) is 16.7. The zero-order chi connectivity index (χ0) is 20.1. The minimum Gasteiger partial charge on any atom is -0.496 e. The largest absolute Gasteiger partial charge is 0.496 e. The van der Waals surface area contributed by atoms with Gasteiger partial charge in [-0.1, -0.05) is 12.1 Å². The molecule has 2 amide bonds. The van der Waals surface area contributed by atoms with Crippen LogP contribution in [0.1, 0.15) is 34.8 Å². The number of hydrogen-bond donors (Lipinski definition) is 2. The molecule has 0 bridgehead atoms. The molecule has 2 aromatic carbocycles. The molecule has 1 atom stereocenters. The number of hydrogen-bond acceptors (Lipinski definition) is 3. The third kappa shape index (κ3) is 4.34. The van der Waals surface area contributed by atoms with E-state index in [1.807, 2.05) is 36.4 Å². The molecule has 148 valence electrons. The zero-order valence-corrected chi connectivity index (χ0v) is 16.7. The van der Waals surface area contributed by atoms with Gasteiger partial charge in [0.25, 0.3) is 5.91 Å². The second-order valence-corrected chi connectivity index (χ2v) is 7.28. The van der Waals surface area contributed by atoms with Crippen LogP contribution in [0.2, 0.25) is 0 Å². The molecule has 1 aliphatic heterocycles. The van der Waals surface area contributed by atoms with Crippen molar-refractivity contribution in [2.75, 3.05) is 39.2 Å². The normalized spacial score (nSPS) is 15.0.